The van der Waals surface area contributed by atoms with Gasteiger partial charge in [0.25, 0.3) is 0 Å². The Labute approximate surface area is 94.3 Å². The molecule has 17 heavy (non-hydrogen) atoms. The van der Waals surface area contributed by atoms with Gasteiger partial charge in [-0.3, -0.25) is 9.20 Å². The van der Waals surface area contributed by atoms with Gasteiger partial charge in [-0.2, -0.15) is 0 Å². The van der Waals surface area contributed by atoms with Gasteiger partial charge in [0.15, 0.2) is 11.3 Å². The van der Waals surface area contributed by atoms with Gasteiger partial charge in [0.2, 0.25) is 0 Å². The molecule has 0 radical (unpaired) electrons. The second-order valence-electron chi connectivity index (χ2n) is 3.55. The number of H-pyrrole nitrogens is 1. The minimum absolute atomic E-state index is 0.0157. The number of nitrogens with zero attached hydrogens (tertiary/aromatic N) is 5. The molecule has 8 heteroatoms. The third-order valence-corrected chi connectivity index (χ3v) is 2.47. The Balaban J connectivity index is 2.12. The fourth-order valence-electron chi connectivity index (χ4n) is 1.67. The number of imidazole rings is 1. The van der Waals surface area contributed by atoms with Crippen molar-refractivity contribution in [2.75, 3.05) is 0 Å². The Morgan fingerprint density at radius 2 is 2.29 bits per heavy atom. The Kier molecular flexibility index (Phi) is 2.00. The number of fused-ring (bicyclic) bond motifs is 3. The second-order valence-corrected chi connectivity index (χ2v) is 3.55. The summed E-state index contributed by atoms with van der Waals surface area (Å²) in [7, 11) is 0. The zero-order valence-corrected chi connectivity index (χ0v) is 8.66. The van der Waals surface area contributed by atoms with Gasteiger partial charge >= 0.3 is 5.97 Å². The molecule has 0 spiro atoms. The smallest absolute Gasteiger partial charge is 0.303 e. The minimum Gasteiger partial charge on any atom is -0.481 e. The zero-order chi connectivity index (χ0) is 11.8. The number of carbonyl (C=O) groups is 1. The van der Waals surface area contributed by atoms with Gasteiger partial charge in [-0.05, 0) is 0 Å². The fourth-order valence-corrected chi connectivity index (χ4v) is 1.67. The highest BCUT2D eigenvalue weighted by molar-refractivity contribution is 5.84. The first-order valence-electron chi connectivity index (χ1n) is 4.99. The Morgan fingerprint density at radius 1 is 1.41 bits per heavy atom. The topological polar surface area (TPSA) is 109 Å². The lowest BCUT2D eigenvalue weighted by Crippen LogP contribution is -2.02. The lowest BCUT2D eigenvalue weighted by Gasteiger charge is -1.97. The number of hydrogen-bond donors (Lipinski definition) is 2. The summed E-state index contributed by atoms with van der Waals surface area (Å²) in [5, 5.41) is 16.6. The highest BCUT2D eigenvalue weighted by Gasteiger charge is 2.11. The van der Waals surface area contributed by atoms with E-state index in [1.54, 1.807) is 10.7 Å². The summed E-state index contributed by atoms with van der Waals surface area (Å²) in [4.78, 5) is 21.6. The lowest BCUT2D eigenvalue weighted by atomic mass is 10.3. The second kappa shape index (κ2) is 3.51. The van der Waals surface area contributed by atoms with Gasteiger partial charge in [-0.15, -0.1) is 10.2 Å². The van der Waals surface area contributed by atoms with Crippen molar-refractivity contribution < 1.29 is 9.90 Å². The summed E-state index contributed by atoms with van der Waals surface area (Å²) in [6.45, 7) is 0. The van der Waals surface area contributed by atoms with Crippen molar-refractivity contribution in [2.45, 2.75) is 12.8 Å². The molecule has 2 N–H and O–H groups in total. The molecule has 0 bridgehead atoms. The van der Waals surface area contributed by atoms with E-state index in [9.17, 15) is 4.79 Å². The van der Waals surface area contributed by atoms with Crippen LogP contribution in [0.1, 0.15) is 12.2 Å². The highest BCUT2D eigenvalue weighted by atomic mass is 16.4. The van der Waals surface area contributed by atoms with Crippen molar-refractivity contribution in [1.29, 1.82) is 0 Å². The van der Waals surface area contributed by atoms with E-state index in [0.717, 1.165) is 0 Å². The quantitative estimate of drug-likeness (QED) is 0.658. The highest BCUT2D eigenvalue weighted by Crippen LogP contribution is 2.13. The molecule has 0 amide bonds. The van der Waals surface area contributed by atoms with Gasteiger partial charge in [0, 0.05) is 6.42 Å². The van der Waals surface area contributed by atoms with Crippen molar-refractivity contribution in [3.63, 3.8) is 0 Å². The first kappa shape index (κ1) is 9.70. The fraction of sp³-hybridized carbons (Fsp3) is 0.222. The van der Waals surface area contributed by atoms with Crippen molar-refractivity contribution in [2.24, 2.45) is 0 Å². The summed E-state index contributed by atoms with van der Waals surface area (Å²) in [5.41, 5.74) is 1.86. The van der Waals surface area contributed by atoms with Crippen LogP contribution >= 0.6 is 0 Å². The molecule has 3 rings (SSSR count). The van der Waals surface area contributed by atoms with Crippen LogP contribution in [-0.2, 0) is 11.2 Å². The number of aromatic amines is 1. The average Bonchev–Trinajstić information content (AvgIpc) is 2.91. The van der Waals surface area contributed by atoms with Gasteiger partial charge in [-0.25, -0.2) is 9.97 Å². The van der Waals surface area contributed by atoms with E-state index < -0.39 is 5.97 Å². The van der Waals surface area contributed by atoms with Crippen LogP contribution in [0.4, 0.5) is 0 Å². The van der Waals surface area contributed by atoms with Crippen molar-refractivity contribution in [3.05, 3.63) is 18.5 Å². The van der Waals surface area contributed by atoms with Gasteiger partial charge < -0.3 is 10.1 Å². The molecule has 0 aliphatic carbocycles. The van der Waals surface area contributed by atoms with Gasteiger partial charge in [-0.1, -0.05) is 0 Å². The molecule has 86 valence electrons. The third-order valence-electron chi connectivity index (χ3n) is 2.47. The Hall–Kier alpha value is -2.51. The van der Waals surface area contributed by atoms with E-state index in [2.05, 4.69) is 25.1 Å². The predicted molar refractivity (Wildman–Crippen MR) is 56.4 cm³/mol. The summed E-state index contributed by atoms with van der Waals surface area (Å²) in [6, 6.07) is 0. The van der Waals surface area contributed by atoms with Crippen molar-refractivity contribution >= 4 is 22.8 Å². The number of carboxylic acid groups (broad SMARTS) is 1. The molecular weight excluding hydrogens is 224 g/mol. The number of aromatic nitrogens is 6. The number of aryl methyl sites for hydroxylation is 1. The van der Waals surface area contributed by atoms with E-state index in [1.165, 1.54) is 6.33 Å². The first-order chi connectivity index (χ1) is 8.25. The van der Waals surface area contributed by atoms with E-state index >= 15 is 0 Å². The van der Waals surface area contributed by atoms with Crippen LogP contribution in [0.3, 0.4) is 0 Å². The van der Waals surface area contributed by atoms with Crippen LogP contribution in [0.2, 0.25) is 0 Å². The molecule has 0 fully saturated rings. The maximum atomic E-state index is 10.5. The Morgan fingerprint density at radius 3 is 3.12 bits per heavy atom. The molecule has 0 saturated heterocycles. The molecule has 3 aromatic heterocycles. The summed E-state index contributed by atoms with van der Waals surface area (Å²) < 4.78 is 1.67. The number of carboxylic acids is 1. The van der Waals surface area contributed by atoms with Crippen molar-refractivity contribution in [3.8, 4) is 0 Å². The van der Waals surface area contributed by atoms with Crippen LogP contribution in [0.25, 0.3) is 16.8 Å². The maximum Gasteiger partial charge on any atom is 0.303 e. The molecule has 3 aromatic rings. The van der Waals surface area contributed by atoms with E-state index in [1.807, 2.05) is 0 Å². The standard InChI is InChI=1S/C9H8N6O2/c16-6(17)2-1-5-13-14-9-7-8(11-3-10-7)12-4-15(5)9/h3-4H,1-2H2,(H,10,11)(H,16,17). The SMILES string of the molecule is O=C(O)CCc1nnc2c3[nH]cnc3ncn12. The number of nitrogens with one attached hydrogen (secondary N) is 1. The van der Waals surface area contributed by atoms with E-state index in [-0.39, 0.29) is 6.42 Å². The van der Waals surface area contributed by atoms with Crippen LogP contribution in [-0.4, -0.2) is 40.6 Å². The summed E-state index contributed by atoms with van der Waals surface area (Å²) >= 11 is 0. The summed E-state index contributed by atoms with van der Waals surface area (Å²) in [6.07, 6.45) is 3.42. The lowest BCUT2D eigenvalue weighted by molar-refractivity contribution is -0.137. The normalized spacial score (nSPS) is 11.3. The van der Waals surface area contributed by atoms with Crippen LogP contribution in [0.5, 0.6) is 0 Å². The molecule has 0 aromatic carbocycles. The van der Waals surface area contributed by atoms with E-state index in [4.69, 9.17) is 5.11 Å². The minimum atomic E-state index is -0.864. The monoisotopic (exact) mass is 232 g/mol. The van der Waals surface area contributed by atoms with Crippen LogP contribution in [0, 0.1) is 0 Å². The number of hydrogen-bond acceptors (Lipinski definition) is 5. The molecule has 3 heterocycles. The predicted octanol–water partition coefficient (Wildman–Crippen LogP) is 0.0178. The third kappa shape index (κ3) is 1.50. The molecule has 8 nitrogen and oxygen atoms in total. The van der Waals surface area contributed by atoms with Crippen LogP contribution in [0.15, 0.2) is 12.7 Å². The first-order valence-corrected chi connectivity index (χ1v) is 4.99. The molecule has 0 aliphatic rings. The zero-order valence-electron chi connectivity index (χ0n) is 8.66. The molecule has 0 aliphatic heterocycles. The van der Waals surface area contributed by atoms with Crippen molar-refractivity contribution in [1.82, 2.24) is 29.5 Å². The number of aliphatic carboxylic acids is 1. The maximum absolute atomic E-state index is 10.5. The van der Waals surface area contributed by atoms with Gasteiger partial charge in [0.1, 0.15) is 17.7 Å². The molecule has 0 saturated carbocycles. The van der Waals surface area contributed by atoms with Gasteiger partial charge in [0.05, 0.1) is 12.7 Å². The molecule has 0 unspecified atom stereocenters. The van der Waals surface area contributed by atoms with Crippen LogP contribution < -0.4 is 0 Å². The molecule has 0 atom stereocenters. The average molecular weight is 232 g/mol. The summed E-state index contributed by atoms with van der Waals surface area (Å²) in [5.74, 6) is -0.288. The van der Waals surface area contributed by atoms with E-state index in [0.29, 0.717) is 29.1 Å². The Bertz CT molecular complexity index is 700. The number of rotatable bonds is 3. The molecular formula is C9H8N6O2. The largest absolute Gasteiger partial charge is 0.481 e.